The number of anilines is 3. The first-order valence-electron chi connectivity index (χ1n) is 8.04. The van der Waals surface area contributed by atoms with E-state index in [1.54, 1.807) is 43.3 Å². The second-order valence-corrected chi connectivity index (χ2v) is 6.11. The van der Waals surface area contributed by atoms with Crippen molar-refractivity contribution in [3.63, 3.8) is 0 Å². The van der Waals surface area contributed by atoms with Gasteiger partial charge in [-0.1, -0.05) is 17.7 Å². The van der Waals surface area contributed by atoms with Gasteiger partial charge < -0.3 is 19.8 Å². The van der Waals surface area contributed by atoms with Gasteiger partial charge in [-0.25, -0.2) is 0 Å². The SMILES string of the molecule is Cc1ccc(CNc2nc(Nc3cccc(Cl)c3)nc(OCC(F)(F)F)n2)o1. The lowest BCUT2D eigenvalue weighted by Gasteiger charge is -2.11. The van der Waals surface area contributed by atoms with Crippen LogP contribution in [0.4, 0.5) is 30.8 Å². The van der Waals surface area contributed by atoms with E-state index in [4.69, 9.17) is 16.0 Å². The van der Waals surface area contributed by atoms with Crippen molar-refractivity contribution in [3.8, 4) is 6.01 Å². The molecule has 0 amide bonds. The zero-order valence-corrected chi connectivity index (χ0v) is 15.3. The van der Waals surface area contributed by atoms with Gasteiger partial charge in [0, 0.05) is 10.7 Å². The number of ether oxygens (including phenoxy) is 1. The topological polar surface area (TPSA) is 85.1 Å². The van der Waals surface area contributed by atoms with Gasteiger partial charge >= 0.3 is 12.2 Å². The summed E-state index contributed by atoms with van der Waals surface area (Å²) in [5, 5.41) is 6.19. The highest BCUT2D eigenvalue weighted by Crippen LogP contribution is 2.22. The number of nitrogens with one attached hydrogen (secondary N) is 2. The highest BCUT2D eigenvalue weighted by Gasteiger charge is 2.29. The quantitative estimate of drug-likeness (QED) is 0.579. The van der Waals surface area contributed by atoms with Crippen LogP contribution in [0.15, 0.2) is 40.8 Å². The predicted molar refractivity (Wildman–Crippen MR) is 96.9 cm³/mol. The molecule has 0 saturated carbocycles. The van der Waals surface area contributed by atoms with E-state index in [1.807, 2.05) is 0 Å². The summed E-state index contributed by atoms with van der Waals surface area (Å²) in [7, 11) is 0. The van der Waals surface area contributed by atoms with Gasteiger partial charge in [-0.15, -0.1) is 0 Å². The fourth-order valence-corrected chi connectivity index (χ4v) is 2.33. The molecule has 0 aliphatic rings. The van der Waals surface area contributed by atoms with Crippen molar-refractivity contribution in [1.29, 1.82) is 0 Å². The Labute approximate surface area is 162 Å². The maximum atomic E-state index is 12.5. The molecule has 28 heavy (non-hydrogen) atoms. The maximum Gasteiger partial charge on any atom is 0.422 e. The van der Waals surface area contributed by atoms with E-state index in [0.29, 0.717) is 16.5 Å². The smallest absolute Gasteiger partial charge is 0.422 e. The third kappa shape index (κ3) is 6.02. The summed E-state index contributed by atoms with van der Waals surface area (Å²) in [5.74, 6) is 1.35. The Kier molecular flexibility index (Phi) is 5.88. The molecule has 1 aromatic carbocycles. The van der Waals surface area contributed by atoms with Crippen molar-refractivity contribution >= 4 is 29.2 Å². The first kappa shape index (κ1) is 19.7. The zero-order valence-electron chi connectivity index (χ0n) is 14.5. The molecule has 7 nitrogen and oxygen atoms in total. The number of aryl methyl sites for hydroxylation is 1. The monoisotopic (exact) mass is 413 g/mol. The van der Waals surface area contributed by atoms with Crippen molar-refractivity contribution in [2.24, 2.45) is 0 Å². The molecule has 0 aliphatic heterocycles. The van der Waals surface area contributed by atoms with Gasteiger partial charge in [-0.2, -0.15) is 28.1 Å². The van der Waals surface area contributed by atoms with Crippen LogP contribution in [0.5, 0.6) is 6.01 Å². The average molecular weight is 414 g/mol. The summed E-state index contributed by atoms with van der Waals surface area (Å²) in [5.41, 5.74) is 0.549. The third-order valence-electron chi connectivity index (χ3n) is 3.28. The Morgan fingerprint density at radius 3 is 2.57 bits per heavy atom. The Morgan fingerprint density at radius 1 is 1.11 bits per heavy atom. The number of hydrogen-bond acceptors (Lipinski definition) is 7. The van der Waals surface area contributed by atoms with E-state index in [-0.39, 0.29) is 18.4 Å². The maximum absolute atomic E-state index is 12.5. The number of rotatable bonds is 7. The molecule has 11 heteroatoms. The van der Waals surface area contributed by atoms with E-state index >= 15 is 0 Å². The van der Waals surface area contributed by atoms with Crippen LogP contribution < -0.4 is 15.4 Å². The van der Waals surface area contributed by atoms with Crippen molar-refractivity contribution in [1.82, 2.24) is 15.0 Å². The summed E-state index contributed by atoms with van der Waals surface area (Å²) in [6, 6.07) is 9.76. The van der Waals surface area contributed by atoms with Crippen LogP contribution in [-0.4, -0.2) is 27.7 Å². The molecule has 148 valence electrons. The number of alkyl halides is 3. The Hall–Kier alpha value is -3.01. The number of furan rings is 1. The molecule has 0 aliphatic carbocycles. The Bertz CT molecular complexity index is 949. The minimum atomic E-state index is -4.52. The molecule has 0 unspecified atom stereocenters. The number of halogens is 4. The van der Waals surface area contributed by atoms with Crippen LogP contribution in [-0.2, 0) is 6.54 Å². The highest BCUT2D eigenvalue weighted by molar-refractivity contribution is 6.30. The van der Waals surface area contributed by atoms with Gasteiger partial charge in [0.2, 0.25) is 11.9 Å². The predicted octanol–water partition coefficient (Wildman–Crippen LogP) is 4.72. The van der Waals surface area contributed by atoms with Gasteiger partial charge in [0.1, 0.15) is 11.5 Å². The molecule has 2 heterocycles. The molecular formula is C17H15ClF3N5O2. The molecule has 0 saturated heterocycles. The molecule has 0 radical (unpaired) electrons. The minimum absolute atomic E-state index is 0.00688. The summed E-state index contributed by atoms with van der Waals surface area (Å²) in [6.45, 7) is 0.500. The standard InChI is InChI=1S/C17H15ClF3N5O2/c1-10-5-6-13(28-10)8-22-14-24-15(23-12-4-2-3-11(18)7-12)26-16(25-14)27-9-17(19,20)21/h2-7H,8-9H2,1H3,(H2,22,23,24,25,26). The van der Waals surface area contributed by atoms with Crippen LogP contribution in [0.2, 0.25) is 5.02 Å². The molecule has 3 aromatic rings. The van der Waals surface area contributed by atoms with Crippen molar-refractivity contribution in [2.45, 2.75) is 19.6 Å². The second kappa shape index (κ2) is 8.34. The normalized spacial score (nSPS) is 11.3. The van der Waals surface area contributed by atoms with Gasteiger partial charge in [0.05, 0.1) is 6.54 Å². The summed E-state index contributed by atoms with van der Waals surface area (Å²) >= 11 is 5.93. The van der Waals surface area contributed by atoms with E-state index in [0.717, 1.165) is 5.76 Å². The lowest BCUT2D eigenvalue weighted by molar-refractivity contribution is -0.154. The van der Waals surface area contributed by atoms with Crippen LogP contribution in [0, 0.1) is 6.92 Å². The lowest BCUT2D eigenvalue weighted by atomic mass is 10.3. The van der Waals surface area contributed by atoms with Crippen LogP contribution in [0.1, 0.15) is 11.5 Å². The van der Waals surface area contributed by atoms with Gasteiger partial charge in [0.15, 0.2) is 6.61 Å². The summed E-state index contributed by atoms with van der Waals surface area (Å²) < 4.78 is 47.4. The number of aromatic nitrogens is 3. The minimum Gasteiger partial charge on any atom is -0.465 e. The second-order valence-electron chi connectivity index (χ2n) is 5.67. The molecule has 2 aromatic heterocycles. The largest absolute Gasteiger partial charge is 0.465 e. The molecule has 0 atom stereocenters. The number of nitrogens with zero attached hydrogens (tertiary/aromatic N) is 3. The molecule has 0 bridgehead atoms. The third-order valence-corrected chi connectivity index (χ3v) is 3.51. The molecule has 0 spiro atoms. The zero-order chi connectivity index (χ0) is 20.1. The number of hydrogen-bond donors (Lipinski definition) is 2. The molecule has 2 N–H and O–H groups in total. The highest BCUT2D eigenvalue weighted by atomic mass is 35.5. The molecule has 3 rings (SSSR count). The fraction of sp³-hybridized carbons (Fsp3) is 0.235. The fourth-order valence-electron chi connectivity index (χ4n) is 2.14. The van der Waals surface area contributed by atoms with Crippen molar-refractivity contribution < 1.29 is 22.3 Å². The van der Waals surface area contributed by atoms with E-state index < -0.39 is 18.8 Å². The van der Waals surface area contributed by atoms with E-state index in [2.05, 4.69) is 30.3 Å². The Morgan fingerprint density at radius 2 is 1.89 bits per heavy atom. The molecule has 0 fully saturated rings. The van der Waals surface area contributed by atoms with Gasteiger partial charge in [-0.05, 0) is 37.3 Å². The van der Waals surface area contributed by atoms with Crippen LogP contribution in [0.25, 0.3) is 0 Å². The Balaban J connectivity index is 1.80. The molecular weight excluding hydrogens is 399 g/mol. The summed E-state index contributed by atoms with van der Waals surface area (Å²) in [4.78, 5) is 11.8. The first-order valence-corrected chi connectivity index (χ1v) is 8.42. The van der Waals surface area contributed by atoms with Gasteiger partial charge in [0.25, 0.3) is 0 Å². The van der Waals surface area contributed by atoms with Crippen molar-refractivity contribution in [3.05, 3.63) is 52.9 Å². The first-order chi connectivity index (χ1) is 13.3. The van der Waals surface area contributed by atoms with Crippen LogP contribution >= 0.6 is 11.6 Å². The van der Waals surface area contributed by atoms with E-state index in [9.17, 15) is 13.2 Å². The van der Waals surface area contributed by atoms with Gasteiger partial charge in [-0.3, -0.25) is 0 Å². The summed E-state index contributed by atoms with van der Waals surface area (Å²) in [6.07, 6.45) is -4.52. The lowest BCUT2D eigenvalue weighted by Crippen LogP contribution is -2.20. The van der Waals surface area contributed by atoms with E-state index in [1.165, 1.54) is 0 Å². The number of benzene rings is 1. The van der Waals surface area contributed by atoms with Crippen molar-refractivity contribution in [2.75, 3.05) is 17.2 Å². The average Bonchev–Trinajstić information content (AvgIpc) is 3.03. The van der Waals surface area contributed by atoms with Crippen LogP contribution in [0.3, 0.4) is 0 Å².